The van der Waals surface area contributed by atoms with Gasteiger partial charge in [0.15, 0.2) is 12.4 Å². The van der Waals surface area contributed by atoms with Gasteiger partial charge in [-0.1, -0.05) is 28.9 Å². The lowest BCUT2D eigenvalue weighted by atomic mass is 10.1. The van der Waals surface area contributed by atoms with Gasteiger partial charge in [0.2, 0.25) is 0 Å². The van der Waals surface area contributed by atoms with E-state index in [9.17, 15) is 14.9 Å². The number of ether oxygens (including phenoxy) is 1. The summed E-state index contributed by atoms with van der Waals surface area (Å²) in [6, 6.07) is 8.89. The average molecular weight is 378 g/mol. The summed E-state index contributed by atoms with van der Waals surface area (Å²) in [7, 11) is 0. The minimum Gasteiger partial charge on any atom is -0.482 e. The number of non-ortho nitro benzene ring substituents is 1. The maximum atomic E-state index is 11.7. The number of benzene rings is 2. The summed E-state index contributed by atoms with van der Waals surface area (Å²) in [6.45, 7) is 3.27. The summed E-state index contributed by atoms with van der Waals surface area (Å²) in [5.74, 6) is -0.471. The van der Waals surface area contributed by atoms with E-state index in [4.69, 9.17) is 22.1 Å². The lowest BCUT2D eigenvalue weighted by molar-refractivity contribution is -0.384. The van der Waals surface area contributed by atoms with Crippen LogP contribution in [0.4, 0.5) is 5.69 Å². The minimum atomic E-state index is -0.774. The van der Waals surface area contributed by atoms with Crippen LogP contribution < -0.4 is 10.5 Å². The monoisotopic (exact) mass is 377 g/mol. The molecule has 0 atom stereocenters. The number of nitro benzene ring substituents is 1. The van der Waals surface area contributed by atoms with Gasteiger partial charge in [-0.25, -0.2) is 4.79 Å². The van der Waals surface area contributed by atoms with E-state index in [0.29, 0.717) is 10.8 Å². The molecule has 136 valence electrons. The van der Waals surface area contributed by atoms with Crippen LogP contribution in [0.15, 0.2) is 41.6 Å². The molecule has 2 aromatic rings. The molecule has 0 aromatic heterocycles. The van der Waals surface area contributed by atoms with Gasteiger partial charge in [0.25, 0.3) is 5.69 Å². The van der Waals surface area contributed by atoms with Gasteiger partial charge in [0.05, 0.1) is 4.92 Å². The van der Waals surface area contributed by atoms with Crippen molar-refractivity contribution in [1.82, 2.24) is 0 Å². The third kappa shape index (κ3) is 4.93. The van der Waals surface area contributed by atoms with E-state index in [1.165, 1.54) is 24.3 Å². The summed E-state index contributed by atoms with van der Waals surface area (Å²) >= 11 is 6.06. The molecule has 0 aliphatic rings. The smallest absolute Gasteiger partial charge is 0.372 e. The number of carbonyl (C=O) groups excluding carboxylic acids is 1. The molecule has 8 nitrogen and oxygen atoms in total. The summed E-state index contributed by atoms with van der Waals surface area (Å²) in [5.41, 5.74) is 7.43. The number of rotatable bonds is 6. The van der Waals surface area contributed by atoms with E-state index in [2.05, 4.69) is 9.99 Å². The first-order chi connectivity index (χ1) is 12.3. The highest BCUT2D eigenvalue weighted by atomic mass is 35.5. The van der Waals surface area contributed by atoms with Crippen molar-refractivity contribution in [3.05, 3.63) is 68.2 Å². The number of amidine groups is 1. The van der Waals surface area contributed by atoms with Crippen LogP contribution in [0.5, 0.6) is 5.75 Å². The number of oxime groups is 1. The lowest BCUT2D eigenvalue weighted by Gasteiger charge is -2.08. The van der Waals surface area contributed by atoms with Crippen molar-refractivity contribution in [2.24, 2.45) is 10.9 Å². The highest BCUT2D eigenvalue weighted by Gasteiger charge is 2.10. The second-order valence-corrected chi connectivity index (χ2v) is 5.78. The van der Waals surface area contributed by atoms with Gasteiger partial charge in [-0.2, -0.15) is 0 Å². The van der Waals surface area contributed by atoms with Gasteiger partial charge in [0.1, 0.15) is 5.75 Å². The second-order valence-electron chi connectivity index (χ2n) is 5.41. The molecule has 2 rings (SSSR count). The van der Waals surface area contributed by atoms with Gasteiger partial charge in [-0.15, -0.1) is 0 Å². The third-order valence-corrected chi connectivity index (χ3v) is 3.96. The van der Waals surface area contributed by atoms with E-state index in [1.807, 2.05) is 13.8 Å². The number of carbonyl (C=O) groups is 1. The first-order valence-corrected chi connectivity index (χ1v) is 7.83. The Balaban J connectivity index is 1.96. The molecule has 0 spiro atoms. The Hall–Kier alpha value is -3.13. The van der Waals surface area contributed by atoms with Gasteiger partial charge in [-0.05, 0) is 37.1 Å². The van der Waals surface area contributed by atoms with Crippen molar-refractivity contribution in [1.29, 1.82) is 0 Å². The van der Waals surface area contributed by atoms with E-state index < -0.39 is 10.9 Å². The van der Waals surface area contributed by atoms with Gasteiger partial charge in [-0.3, -0.25) is 10.1 Å². The Kier molecular flexibility index (Phi) is 6.13. The zero-order valence-corrected chi connectivity index (χ0v) is 14.8. The summed E-state index contributed by atoms with van der Waals surface area (Å²) in [5, 5.41) is 14.9. The van der Waals surface area contributed by atoms with Crippen molar-refractivity contribution in [3.63, 3.8) is 0 Å². The van der Waals surface area contributed by atoms with Crippen molar-refractivity contribution in [3.8, 4) is 5.75 Å². The van der Waals surface area contributed by atoms with E-state index in [1.54, 1.807) is 12.1 Å². The van der Waals surface area contributed by atoms with Crippen LogP contribution >= 0.6 is 11.6 Å². The molecule has 0 unspecified atom stereocenters. The number of hydrogen-bond acceptors (Lipinski definition) is 6. The maximum absolute atomic E-state index is 11.7. The fraction of sp³-hybridized carbons (Fsp3) is 0.176. The van der Waals surface area contributed by atoms with Crippen LogP contribution in [0.25, 0.3) is 0 Å². The largest absolute Gasteiger partial charge is 0.482 e. The first kappa shape index (κ1) is 19.2. The van der Waals surface area contributed by atoms with Crippen molar-refractivity contribution in [2.45, 2.75) is 13.8 Å². The number of nitro groups is 1. The molecule has 26 heavy (non-hydrogen) atoms. The minimum absolute atomic E-state index is 0.149. The van der Waals surface area contributed by atoms with Crippen LogP contribution in [-0.2, 0) is 9.63 Å². The molecule has 0 saturated heterocycles. The normalized spacial score (nSPS) is 11.1. The molecule has 0 aliphatic heterocycles. The van der Waals surface area contributed by atoms with Crippen molar-refractivity contribution in [2.75, 3.05) is 6.61 Å². The summed E-state index contributed by atoms with van der Waals surface area (Å²) in [4.78, 5) is 26.6. The predicted octanol–water partition coefficient (Wildman–Crippen LogP) is 3.11. The Morgan fingerprint density at radius 2 is 1.92 bits per heavy atom. The second kappa shape index (κ2) is 8.30. The number of hydrogen-bond donors (Lipinski definition) is 1. The molecule has 0 aliphatic carbocycles. The summed E-state index contributed by atoms with van der Waals surface area (Å²) in [6.07, 6.45) is 0. The first-order valence-electron chi connectivity index (χ1n) is 7.45. The van der Waals surface area contributed by atoms with Crippen LogP contribution in [0.1, 0.15) is 16.7 Å². The lowest BCUT2D eigenvalue weighted by Crippen LogP contribution is -2.18. The number of aryl methyl sites for hydroxylation is 2. The molecular formula is C17H16ClN3O5. The standard InChI is InChI=1S/C17H16ClN3O5/c1-10-6-14(7-11(2)16(10)18)25-9-15(22)26-20-17(19)12-4-3-5-13(8-12)21(23)24/h3-8H,9H2,1-2H3,(H2,19,20). The quantitative estimate of drug-likeness (QED) is 0.272. The molecule has 9 heteroatoms. The highest BCUT2D eigenvalue weighted by molar-refractivity contribution is 6.32. The van der Waals surface area contributed by atoms with E-state index >= 15 is 0 Å². The third-order valence-electron chi connectivity index (χ3n) is 3.37. The fourth-order valence-corrected chi connectivity index (χ4v) is 2.20. The number of halogens is 1. The zero-order valence-electron chi connectivity index (χ0n) is 14.1. The highest BCUT2D eigenvalue weighted by Crippen LogP contribution is 2.25. The number of nitrogens with zero attached hydrogens (tertiary/aromatic N) is 2. The SMILES string of the molecule is Cc1cc(OCC(=O)O/N=C(/N)c2cccc([N+](=O)[O-])c2)cc(C)c1Cl. The number of nitrogens with two attached hydrogens (primary N) is 1. The van der Waals surface area contributed by atoms with Gasteiger partial charge < -0.3 is 15.3 Å². The molecule has 0 bridgehead atoms. The van der Waals surface area contributed by atoms with E-state index in [0.717, 1.165) is 11.1 Å². The molecule has 2 N–H and O–H groups in total. The summed E-state index contributed by atoms with van der Waals surface area (Å²) < 4.78 is 5.34. The topological polar surface area (TPSA) is 117 Å². The van der Waals surface area contributed by atoms with Gasteiger partial charge >= 0.3 is 5.97 Å². The van der Waals surface area contributed by atoms with Crippen molar-refractivity contribution < 1.29 is 19.3 Å². The van der Waals surface area contributed by atoms with E-state index in [-0.39, 0.29) is 23.7 Å². The van der Waals surface area contributed by atoms with Gasteiger partial charge in [0, 0.05) is 22.7 Å². The Morgan fingerprint density at radius 3 is 2.54 bits per heavy atom. The maximum Gasteiger partial charge on any atom is 0.372 e. The molecule has 0 saturated carbocycles. The fourth-order valence-electron chi connectivity index (χ4n) is 2.09. The Morgan fingerprint density at radius 1 is 1.27 bits per heavy atom. The molecule has 0 fully saturated rings. The van der Waals surface area contributed by atoms with Crippen LogP contribution in [-0.4, -0.2) is 23.3 Å². The molecular weight excluding hydrogens is 362 g/mol. The zero-order chi connectivity index (χ0) is 19.3. The Labute approximate surface area is 154 Å². The van der Waals surface area contributed by atoms with Crippen LogP contribution in [0.3, 0.4) is 0 Å². The molecule has 0 heterocycles. The van der Waals surface area contributed by atoms with Crippen LogP contribution in [0.2, 0.25) is 5.02 Å². The predicted molar refractivity (Wildman–Crippen MR) is 96.3 cm³/mol. The average Bonchev–Trinajstić information content (AvgIpc) is 2.62. The molecule has 0 radical (unpaired) electrons. The van der Waals surface area contributed by atoms with Crippen molar-refractivity contribution >= 4 is 29.1 Å². The molecule has 0 amide bonds. The Bertz CT molecular complexity index is 859. The molecule has 2 aromatic carbocycles. The van der Waals surface area contributed by atoms with Crippen LogP contribution in [0, 0.1) is 24.0 Å².